The van der Waals surface area contributed by atoms with Crippen LogP contribution in [0.4, 0.5) is 0 Å². The molecular weight excluding hydrogens is 419 g/mol. The summed E-state index contributed by atoms with van der Waals surface area (Å²) in [6, 6.07) is 27.4. The van der Waals surface area contributed by atoms with E-state index in [1.165, 1.54) is 32.6 Å². The van der Waals surface area contributed by atoms with E-state index in [2.05, 4.69) is 100 Å². The molecule has 1 N–H and O–H groups in total. The van der Waals surface area contributed by atoms with Crippen molar-refractivity contribution in [2.45, 2.75) is 41.5 Å². The van der Waals surface area contributed by atoms with Crippen molar-refractivity contribution in [1.82, 2.24) is 0 Å². The van der Waals surface area contributed by atoms with E-state index >= 15 is 0 Å². The van der Waals surface area contributed by atoms with E-state index in [-0.39, 0.29) is 0 Å². The van der Waals surface area contributed by atoms with E-state index in [1.54, 1.807) is 0 Å². The lowest BCUT2D eigenvalue weighted by molar-refractivity contribution is -0.302. The van der Waals surface area contributed by atoms with Gasteiger partial charge in [0, 0.05) is 12.9 Å². The van der Waals surface area contributed by atoms with Crippen molar-refractivity contribution in [3.63, 3.8) is 0 Å². The Kier molecular flexibility index (Phi) is 10.8. The van der Waals surface area contributed by atoms with Crippen molar-refractivity contribution in [3.8, 4) is 0 Å². The number of carboxylic acid groups (broad SMARTS) is 2. The molecule has 5 heteroatoms. The summed E-state index contributed by atoms with van der Waals surface area (Å²) in [4.78, 5) is 17.9. The van der Waals surface area contributed by atoms with Gasteiger partial charge in [0.15, 0.2) is 0 Å². The molecule has 0 atom stereocenters. The summed E-state index contributed by atoms with van der Waals surface area (Å²) in [5.41, 5.74) is 4.02. The molecular formula is C27H33O4P. The van der Waals surface area contributed by atoms with Gasteiger partial charge in [-0.2, -0.15) is 0 Å². The van der Waals surface area contributed by atoms with Gasteiger partial charge in [-0.1, -0.05) is 36.4 Å². The van der Waals surface area contributed by atoms with E-state index in [0.29, 0.717) is 0 Å². The van der Waals surface area contributed by atoms with Crippen LogP contribution >= 0.6 is 7.26 Å². The first-order valence-electron chi connectivity index (χ1n) is 10.5. The average molecular weight is 453 g/mol. The molecule has 4 nitrogen and oxygen atoms in total. The Morgan fingerprint density at radius 2 is 1.00 bits per heavy atom. The third kappa shape index (κ3) is 7.94. The summed E-state index contributed by atoms with van der Waals surface area (Å²) >= 11 is 0. The lowest BCUT2D eigenvalue weighted by Crippen LogP contribution is -2.33. The summed E-state index contributed by atoms with van der Waals surface area (Å²) in [6.07, 6.45) is 1.14. The van der Waals surface area contributed by atoms with E-state index in [0.717, 1.165) is 20.0 Å². The second-order valence-corrected chi connectivity index (χ2v) is 11.5. The summed E-state index contributed by atoms with van der Waals surface area (Å²) in [7, 11) is -1.61. The van der Waals surface area contributed by atoms with Crippen LogP contribution in [0.2, 0.25) is 0 Å². The van der Waals surface area contributed by atoms with Gasteiger partial charge in [-0.05, 0) is 87.7 Å². The van der Waals surface area contributed by atoms with E-state index < -0.39 is 19.2 Å². The molecule has 170 valence electrons. The maximum absolute atomic E-state index is 9.00. The Labute approximate surface area is 192 Å². The van der Waals surface area contributed by atoms with E-state index in [4.69, 9.17) is 19.8 Å². The molecule has 0 unspecified atom stereocenters. The zero-order chi connectivity index (χ0) is 24.3. The first-order valence-corrected chi connectivity index (χ1v) is 12.5. The molecule has 0 bridgehead atoms. The highest BCUT2D eigenvalue weighted by atomic mass is 31.2. The van der Waals surface area contributed by atoms with Crippen molar-refractivity contribution in [2.24, 2.45) is 0 Å². The largest absolute Gasteiger partial charge is 0.550 e. The van der Waals surface area contributed by atoms with Gasteiger partial charge in [-0.25, -0.2) is 0 Å². The van der Waals surface area contributed by atoms with Gasteiger partial charge < -0.3 is 15.0 Å². The molecule has 0 aromatic heterocycles. The van der Waals surface area contributed by atoms with Crippen LogP contribution in [0, 0.1) is 20.8 Å². The minimum absolute atomic E-state index is 0.833. The lowest BCUT2D eigenvalue weighted by atomic mass is 10.2. The van der Waals surface area contributed by atoms with E-state index in [1.807, 2.05) is 0 Å². The number of carbonyl (C=O) groups excluding carboxylic acids is 1. The van der Waals surface area contributed by atoms with Gasteiger partial charge in [0.1, 0.15) is 23.2 Å². The number of aryl methyl sites for hydroxylation is 3. The Morgan fingerprint density at radius 3 is 1.19 bits per heavy atom. The molecule has 0 radical (unpaired) electrons. The van der Waals surface area contributed by atoms with Crippen LogP contribution in [-0.4, -0.2) is 23.2 Å². The van der Waals surface area contributed by atoms with Crippen LogP contribution in [0.15, 0.2) is 72.8 Å². The van der Waals surface area contributed by atoms with Gasteiger partial charge in [0.25, 0.3) is 5.97 Å². The molecule has 3 rings (SSSR count). The highest BCUT2D eigenvalue weighted by Gasteiger charge is 2.43. The van der Waals surface area contributed by atoms with Crippen molar-refractivity contribution in [2.75, 3.05) is 6.16 Å². The molecule has 0 amide bonds. The first-order chi connectivity index (χ1) is 15.0. The number of hydrogen-bond acceptors (Lipinski definition) is 3. The molecule has 3 aromatic rings. The van der Waals surface area contributed by atoms with Crippen LogP contribution in [0.3, 0.4) is 0 Å². The second kappa shape index (κ2) is 12.8. The third-order valence-electron chi connectivity index (χ3n) is 4.80. The number of carboxylic acids is 2. The molecule has 0 fully saturated rings. The number of rotatable bonds is 4. The molecule has 0 aliphatic heterocycles. The van der Waals surface area contributed by atoms with Gasteiger partial charge in [0.2, 0.25) is 0 Å². The van der Waals surface area contributed by atoms with Crippen LogP contribution in [0.5, 0.6) is 0 Å². The SMILES string of the molecule is CC(=O)O.CC(=O)[O-].CC[P+](c1cccc(C)c1)(c1cccc(C)c1)c1cccc(C)c1. The number of hydrogen-bond donors (Lipinski definition) is 1. The van der Waals surface area contributed by atoms with Crippen molar-refractivity contribution in [3.05, 3.63) is 89.5 Å². The summed E-state index contributed by atoms with van der Waals surface area (Å²) < 4.78 is 0. The third-order valence-corrected chi connectivity index (χ3v) is 9.23. The Balaban J connectivity index is 0.000000554. The maximum atomic E-state index is 9.00. The number of benzene rings is 3. The quantitative estimate of drug-likeness (QED) is 0.612. The summed E-state index contributed by atoms with van der Waals surface area (Å²) in [6.45, 7) is 11.0. The fourth-order valence-electron chi connectivity index (χ4n) is 3.59. The second-order valence-electron chi connectivity index (χ2n) is 7.65. The minimum atomic E-state index is -1.61. The highest BCUT2D eigenvalue weighted by Crippen LogP contribution is 2.55. The molecule has 3 aromatic carbocycles. The number of aliphatic carboxylic acids is 2. The molecule has 32 heavy (non-hydrogen) atoms. The Bertz CT molecular complexity index is 912. The molecule has 0 heterocycles. The van der Waals surface area contributed by atoms with Gasteiger partial charge in [0.05, 0.1) is 6.16 Å². The highest BCUT2D eigenvalue weighted by molar-refractivity contribution is 7.95. The fourth-order valence-corrected chi connectivity index (χ4v) is 7.87. The molecule has 0 aliphatic carbocycles. The maximum Gasteiger partial charge on any atom is 0.300 e. The monoisotopic (exact) mass is 452 g/mol. The molecule has 0 saturated heterocycles. The normalized spacial score (nSPS) is 10.2. The molecule has 0 saturated carbocycles. The van der Waals surface area contributed by atoms with Crippen molar-refractivity contribution >= 4 is 35.1 Å². The predicted molar refractivity (Wildman–Crippen MR) is 134 cm³/mol. The van der Waals surface area contributed by atoms with Gasteiger partial charge >= 0.3 is 0 Å². The van der Waals surface area contributed by atoms with Crippen molar-refractivity contribution in [1.29, 1.82) is 0 Å². The van der Waals surface area contributed by atoms with Crippen LogP contribution < -0.4 is 21.0 Å². The molecule has 0 aliphatic rings. The summed E-state index contributed by atoms with van der Waals surface area (Å²) in [5.74, 6) is -1.92. The standard InChI is InChI=1S/C23H26P.2C2H4O2/c1-5-24(21-12-6-9-18(2)15-21,22-13-7-10-19(3)16-22)23-14-8-11-20(4)17-23;2*1-2(3)4/h6-17H,5H2,1-4H3;2*1H3,(H,3,4)/q+1;;/p-1. The van der Waals surface area contributed by atoms with Crippen LogP contribution in [0.25, 0.3) is 0 Å². The smallest absolute Gasteiger partial charge is 0.300 e. The summed E-state index contributed by atoms with van der Waals surface area (Å²) in [5, 5.41) is 20.8. The Hall–Kier alpha value is -2.97. The zero-order valence-electron chi connectivity index (χ0n) is 19.8. The number of carbonyl (C=O) groups is 2. The molecule has 0 spiro atoms. The average Bonchev–Trinajstić information content (AvgIpc) is 2.68. The van der Waals surface area contributed by atoms with E-state index in [9.17, 15) is 0 Å². The topological polar surface area (TPSA) is 77.4 Å². The van der Waals surface area contributed by atoms with Crippen LogP contribution in [-0.2, 0) is 9.59 Å². The zero-order valence-corrected chi connectivity index (χ0v) is 20.6. The van der Waals surface area contributed by atoms with Gasteiger partial charge in [-0.15, -0.1) is 0 Å². The predicted octanol–water partition coefficient (Wildman–Crippen LogP) is 3.77. The first kappa shape index (κ1) is 27.1. The Morgan fingerprint density at radius 1 is 0.750 bits per heavy atom. The lowest BCUT2D eigenvalue weighted by Gasteiger charge is -2.27. The fraction of sp³-hybridized carbons (Fsp3) is 0.259. The van der Waals surface area contributed by atoms with Gasteiger partial charge in [-0.3, -0.25) is 4.79 Å². The van der Waals surface area contributed by atoms with Crippen LogP contribution in [0.1, 0.15) is 37.5 Å². The minimum Gasteiger partial charge on any atom is -0.550 e. The van der Waals surface area contributed by atoms with Crippen molar-refractivity contribution < 1.29 is 19.8 Å².